The fraction of sp³-hybridized carbons (Fsp3) is 0.917. The van der Waals surface area contributed by atoms with Crippen LogP contribution in [0.4, 0.5) is 13.2 Å². The molecule has 1 unspecified atom stereocenters. The van der Waals surface area contributed by atoms with Crippen LogP contribution in [-0.4, -0.2) is 66.7 Å². The highest BCUT2D eigenvalue weighted by Gasteiger charge is 2.37. The quantitative estimate of drug-likeness (QED) is 0.837. The number of rotatable bonds is 4. The van der Waals surface area contributed by atoms with Crippen LogP contribution in [0.5, 0.6) is 0 Å². The third-order valence-electron chi connectivity index (χ3n) is 3.31. The summed E-state index contributed by atoms with van der Waals surface area (Å²) in [6.45, 7) is 6.61. The van der Waals surface area contributed by atoms with Crippen LogP contribution in [0.1, 0.15) is 20.8 Å². The van der Waals surface area contributed by atoms with Gasteiger partial charge in [-0.1, -0.05) is 0 Å². The van der Waals surface area contributed by atoms with Gasteiger partial charge in [-0.25, -0.2) is 0 Å². The molecule has 1 amide bonds. The lowest BCUT2D eigenvalue weighted by molar-refractivity contribution is -0.167. The summed E-state index contributed by atoms with van der Waals surface area (Å²) >= 11 is 0. The van der Waals surface area contributed by atoms with Gasteiger partial charge < -0.3 is 10.2 Å². The van der Waals surface area contributed by atoms with Crippen molar-refractivity contribution in [2.24, 2.45) is 0 Å². The van der Waals surface area contributed by atoms with Crippen LogP contribution in [0.3, 0.4) is 0 Å². The number of carbonyl (C=O) groups excluding carboxylic acids is 1. The van der Waals surface area contributed by atoms with Crippen molar-refractivity contribution in [2.75, 3.05) is 32.7 Å². The zero-order valence-corrected chi connectivity index (χ0v) is 11.6. The molecule has 0 aromatic heterocycles. The molecule has 19 heavy (non-hydrogen) atoms. The molecule has 7 heteroatoms. The van der Waals surface area contributed by atoms with Gasteiger partial charge in [0.15, 0.2) is 0 Å². The Morgan fingerprint density at radius 3 is 2.21 bits per heavy atom. The van der Waals surface area contributed by atoms with E-state index in [4.69, 9.17) is 0 Å². The lowest BCUT2D eigenvalue weighted by Crippen LogP contribution is -2.55. The molecule has 1 heterocycles. The van der Waals surface area contributed by atoms with Gasteiger partial charge in [0.25, 0.3) is 0 Å². The smallest absolute Gasteiger partial charge is 0.330 e. The molecule has 0 aromatic rings. The number of amides is 1. The Hall–Kier alpha value is -0.820. The second-order valence-corrected chi connectivity index (χ2v) is 5.14. The van der Waals surface area contributed by atoms with E-state index in [1.54, 1.807) is 20.8 Å². The van der Waals surface area contributed by atoms with E-state index in [1.165, 1.54) is 0 Å². The normalized spacial score (nSPS) is 19.5. The van der Waals surface area contributed by atoms with E-state index in [-0.39, 0.29) is 0 Å². The molecular formula is C12H22F3N3O. The van der Waals surface area contributed by atoms with Crippen LogP contribution in [0.25, 0.3) is 0 Å². The zero-order chi connectivity index (χ0) is 14.6. The van der Waals surface area contributed by atoms with Crippen molar-refractivity contribution in [3.8, 4) is 0 Å². The van der Waals surface area contributed by atoms with Crippen molar-refractivity contribution in [1.29, 1.82) is 0 Å². The molecule has 0 radical (unpaired) electrons. The van der Waals surface area contributed by atoms with E-state index in [9.17, 15) is 18.0 Å². The fourth-order valence-electron chi connectivity index (χ4n) is 2.17. The maximum Gasteiger partial charge on any atom is 0.406 e. The number of hydrogen-bond donors (Lipinski definition) is 1. The zero-order valence-electron chi connectivity index (χ0n) is 11.6. The maximum atomic E-state index is 12.5. The van der Waals surface area contributed by atoms with Gasteiger partial charge in [-0.05, 0) is 20.8 Å². The fourth-order valence-corrected chi connectivity index (χ4v) is 2.17. The Morgan fingerprint density at radius 1 is 1.26 bits per heavy atom. The van der Waals surface area contributed by atoms with Crippen LogP contribution >= 0.6 is 0 Å². The van der Waals surface area contributed by atoms with Crippen molar-refractivity contribution >= 4 is 5.91 Å². The topological polar surface area (TPSA) is 35.6 Å². The SMILES string of the molecule is CC(C(=O)N(CC(F)(F)F)C(C)C)N1CCNCC1. The lowest BCUT2D eigenvalue weighted by Gasteiger charge is -2.36. The molecule has 1 atom stereocenters. The van der Waals surface area contributed by atoms with Gasteiger partial charge in [0.2, 0.25) is 5.91 Å². The average Bonchev–Trinajstić information content (AvgIpc) is 2.34. The molecule has 1 N–H and O–H groups in total. The molecule has 0 saturated carbocycles. The number of alkyl halides is 3. The van der Waals surface area contributed by atoms with E-state index in [0.29, 0.717) is 13.1 Å². The third-order valence-corrected chi connectivity index (χ3v) is 3.31. The van der Waals surface area contributed by atoms with Crippen molar-refractivity contribution < 1.29 is 18.0 Å². The Morgan fingerprint density at radius 2 is 1.79 bits per heavy atom. The van der Waals surface area contributed by atoms with Crippen LogP contribution in [-0.2, 0) is 4.79 Å². The number of piperazine rings is 1. The van der Waals surface area contributed by atoms with Gasteiger partial charge in [-0.15, -0.1) is 0 Å². The maximum absolute atomic E-state index is 12.5. The van der Waals surface area contributed by atoms with Gasteiger partial charge >= 0.3 is 6.18 Å². The van der Waals surface area contributed by atoms with Crippen molar-refractivity contribution in [1.82, 2.24) is 15.1 Å². The first kappa shape index (κ1) is 16.2. The lowest BCUT2D eigenvalue weighted by atomic mass is 10.2. The highest BCUT2D eigenvalue weighted by Crippen LogP contribution is 2.19. The second kappa shape index (κ2) is 6.56. The number of nitrogens with zero attached hydrogens (tertiary/aromatic N) is 2. The van der Waals surface area contributed by atoms with Crippen LogP contribution < -0.4 is 5.32 Å². The molecular weight excluding hydrogens is 259 g/mol. The van der Waals surface area contributed by atoms with E-state index in [1.807, 2.05) is 4.90 Å². The van der Waals surface area contributed by atoms with E-state index < -0.39 is 30.7 Å². The Balaban J connectivity index is 2.69. The second-order valence-electron chi connectivity index (χ2n) is 5.14. The summed E-state index contributed by atoms with van der Waals surface area (Å²) in [4.78, 5) is 15.1. The minimum Gasteiger partial charge on any atom is -0.330 e. The summed E-state index contributed by atoms with van der Waals surface area (Å²) in [6, 6.07) is -0.966. The molecule has 0 spiro atoms. The van der Waals surface area contributed by atoms with Crippen LogP contribution in [0.2, 0.25) is 0 Å². The number of carbonyl (C=O) groups is 1. The largest absolute Gasteiger partial charge is 0.406 e. The summed E-state index contributed by atoms with van der Waals surface area (Å²) in [5.74, 6) is -0.450. The van der Waals surface area contributed by atoms with Crippen molar-refractivity contribution in [2.45, 2.75) is 39.0 Å². The molecule has 0 bridgehead atoms. The molecule has 1 saturated heterocycles. The predicted molar refractivity (Wildman–Crippen MR) is 66.8 cm³/mol. The Labute approximate surface area is 111 Å². The highest BCUT2D eigenvalue weighted by atomic mass is 19.4. The first-order valence-corrected chi connectivity index (χ1v) is 6.54. The number of hydrogen-bond acceptors (Lipinski definition) is 3. The summed E-state index contributed by atoms with van der Waals surface area (Å²) in [5, 5.41) is 3.15. The van der Waals surface area contributed by atoms with Crippen LogP contribution in [0, 0.1) is 0 Å². The first-order valence-electron chi connectivity index (χ1n) is 6.54. The molecule has 4 nitrogen and oxygen atoms in total. The van der Waals surface area contributed by atoms with Gasteiger partial charge in [0.1, 0.15) is 6.54 Å². The summed E-state index contributed by atoms with van der Waals surface area (Å²) in [5.41, 5.74) is 0. The van der Waals surface area contributed by atoms with E-state index >= 15 is 0 Å². The first-order chi connectivity index (χ1) is 8.72. The monoisotopic (exact) mass is 281 g/mol. The standard InChI is InChI=1S/C12H22F3N3O/c1-9(2)18(8-12(13,14)15)11(19)10(3)17-6-4-16-5-7-17/h9-10,16H,4-8H2,1-3H3. The van der Waals surface area contributed by atoms with Crippen LogP contribution in [0.15, 0.2) is 0 Å². The molecule has 1 rings (SSSR count). The number of halogens is 3. The van der Waals surface area contributed by atoms with E-state index in [2.05, 4.69) is 5.32 Å². The average molecular weight is 281 g/mol. The van der Waals surface area contributed by atoms with Crippen molar-refractivity contribution in [3.05, 3.63) is 0 Å². The predicted octanol–water partition coefficient (Wildman–Crippen LogP) is 1.08. The molecule has 112 valence electrons. The number of nitrogens with one attached hydrogen (secondary N) is 1. The van der Waals surface area contributed by atoms with Gasteiger partial charge in [-0.3, -0.25) is 9.69 Å². The highest BCUT2D eigenvalue weighted by molar-refractivity contribution is 5.81. The molecule has 0 aliphatic carbocycles. The Bertz CT molecular complexity index is 301. The van der Waals surface area contributed by atoms with Gasteiger partial charge in [0.05, 0.1) is 6.04 Å². The van der Waals surface area contributed by atoms with Gasteiger partial charge in [0, 0.05) is 32.2 Å². The summed E-state index contributed by atoms with van der Waals surface area (Å²) in [7, 11) is 0. The minimum atomic E-state index is -4.36. The molecule has 1 aliphatic rings. The molecule has 1 aliphatic heterocycles. The summed E-state index contributed by atoms with van der Waals surface area (Å²) < 4.78 is 37.5. The third kappa shape index (κ3) is 4.99. The minimum absolute atomic E-state index is 0.450. The molecule has 1 fully saturated rings. The summed E-state index contributed by atoms with van der Waals surface area (Å²) in [6.07, 6.45) is -4.36. The van der Waals surface area contributed by atoms with E-state index in [0.717, 1.165) is 18.0 Å². The van der Waals surface area contributed by atoms with Gasteiger partial charge in [-0.2, -0.15) is 13.2 Å². The Kier molecular flexibility index (Phi) is 5.61. The van der Waals surface area contributed by atoms with Crippen molar-refractivity contribution in [3.63, 3.8) is 0 Å². The molecule has 0 aromatic carbocycles.